The average molecular weight is 347 g/mol. The van der Waals surface area contributed by atoms with E-state index >= 15 is 0 Å². The summed E-state index contributed by atoms with van der Waals surface area (Å²) in [6, 6.07) is 9.71. The Morgan fingerprint density at radius 3 is 1.86 bits per heavy atom. The van der Waals surface area contributed by atoms with Crippen LogP contribution in [-0.2, 0) is 0 Å². The van der Waals surface area contributed by atoms with E-state index in [9.17, 15) is 0 Å². The van der Waals surface area contributed by atoms with E-state index in [2.05, 4.69) is 46.3 Å². The molecular weight excluding hydrogens is 336 g/mol. The third kappa shape index (κ3) is 4.73. The largest absolute Gasteiger partial charge is 0.366 e. The Bertz CT molecular complexity index is 651. The van der Waals surface area contributed by atoms with Crippen molar-refractivity contribution in [2.24, 2.45) is 0 Å². The lowest BCUT2D eigenvalue weighted by Gasteiger charge is -1.97. The van der Waals surface area contributed by atoms with Crippen molar-refractivity contribution < 1.29 is 0 Å². The zero-order chi connectivity index (χ0) is 15.1. The van der Waals surface area contributed by atoms with Crippen LogP contribution in [0.1, 0.15) is 0 Å². The summed E-state index contributed by atoms with van der Waals surface area (Å²) in [4.78, 5) is 7.50. The van der Waals surface area contributed by atoms with Gasteiger partial charge in [-0.25, -0.2) is 9.97 Å². The summed E-state index contributed by atoms with van der Waals surface area (Å²) < 4.78 is 0.590. The van der Waals surface area contributed by atoms with E-state index in [0.717, 1.165) is 11.3 Å². The molecular formula is C12H11BrN8. The SMILES string of the molecule is Nc1ncc(-c2ccccc2)nn1.Nc1ncc(Br)nn1. The molecule has 2 heterocycles. The predicted octanol–water partition coefficient (Wildman–Crippen LogP) is 1.34. The number of hydrogen-bond donors (Lipinski definition) is 2. The van der Waals surface area contributed by atoms with Crippen molar-refractivity contribution in [1.29, 1.82) is 0 Å². The predicted molar refractivity (Wildman–Crippen MR) is 81.6 cm³/mol. The van der Waals surface area contributed by atoms with Gasteiger partial charge in [0.05, 0.1) is 12.4 Å². The van der Waals surface area contributed by atoms with Gasteiger partial charge in [-0.1, -0.05) is 30.3 Å². The minimum absolute atomic E-state index is 0.188. The molecule has 0 fully saturated rings. The number of nitrogen functional groups attached to an aromatic ring is 2. The molecule has 9 heteroatoms. The number of rotatable bonds is 1. The number of nitrogens with two attached hydrogens (primary N) is 2. The monoisotopic (exact) mass is 346 g/mol. The van der Waals surface area contributed by atoms with Crippen LogP contribution in [0.3, 0.4) is 0 Å². The lowest BCUT2D eigenvalue weighted by Crippen LogP contribution is -1.97. The Morgan fingerprint density at radius 1 is 0.762 bits per heavy atom. The summed E-state index contributed by atoms with van der Waals surface area (Å²) in [5, 5.41) is 14.6. The number of aromatic nitrogens is 6. The smallest absolute Gasteiger partial charge is 0.240 e. The maximum absolute atomic E-state index is 5.32. The fourth-order valence-corrected chi connectivity index (χ4v) is 1.48. The first kappa shape index (κ1) is 14.7. The van der Waals surface area contributed by atoms with Gasteiger partial charge in [-0.2, -0.15) is 0 Å². The van der Waals surface area contributed by atoms with Crippen molar-refractivity contribution in [1.82, 2.24) is 30.4 Å². The normalized spacial score (nSPS) is 9.57. The first-order chi connectivity index (χ1) is 10.1. The van der Waals surface area contributed by atoms with Crippen LogP contribution in [0.5, 0.6) is 0 Å². The first-order valence-electron chi connectivity index (χ1n) is 5.76. The van der Waals surface area contributed by atoms with Gasteiger partial charge in [-0.05, 0) is 15.9 Å². The van der Waals surface area contributed by atoms with Gasteiger partial charge in [0.1, 0.15) is 10.3 Å². The molecule has 106 valence electrons. The van der Waals surface area contributed by atoms with E-state index in [4.69, 9.17) is 11.5 Å². The molecule has 0 atom stereocenters. The fraction of sp³-hybridized carbons (Fsp3) is 0. The van der Waals surface area contributed by atoms with Crippen LogP contribution in [0.2, 0.25) is 0 Å². The van der Waals surface area contributed by atoms with E-state index in [1.165, 1.54) is 6.20 Å². The van der Waals surface area contributed by atoms with Gasteiger partial charge in [0.15, 0.2) is 0 Å². The molecule has 8 nitrogen and oxygen atoms in total. The molecule has 0 bridgehead atoms. The Hall–Kier alpha value is -2.68. The van der Waals surface area contributed by atoms with Gasteiger partial charge < -0.3 is 11.5 Å². The van der Waals surface area contributed by atoms with Gasteiger partial charge in [-0.3, -0.25) is 0 Å². The summed E-state index contributed by atoms with van der Waals surface area (Å²) in [6.07, 6.45) is 3.10. The molecule has 4 N–H and O–H groups in total. The van der Waals surface area contributed by atoms with Gasteiger partial charge >= 0.3 is 0 Å². The van der Waals surface area contributed by atoms with Crippen LogP contribution in [-0.4, -0.2) is 30.4 Å². The van der Waals surface area contributed by atoms with Crippen LogP contribution in [0.4, 0.5) is 11.9 Å². The van der Waals surface area contributed by atoms with Crippen molar-refractivity contribution in [3.63, 3.8) is 0 Å². The lowest BCUT2D eigenvalue weighted by atomic mass is 10.2. The first-order valence-corrected chi connectivity index (χ1v) is 6.56. The van der Waals surface area contributed by atoms with Crippen LogP contribution in [0.15, 0.2) is 47.3 Å². The van der Waals surface area contributed by atoms with Crippen molar-refractivity contribution >= 4 is 27.8 Å². The topological polar surface area (TPSA) is 129 Å². The Labute approximate surface area is 128 Å². The number of nitrogens with zero attached hydrogens (tertiary/aromatic N) is 6. The summed E-state index contributed by atoms with van der Waals surface area (Å²) in [6.45, 7) is 0. The van der Waals surface area contributed by atoms with Crippen molar-refractivity contribution in [2.45, 2.75) is 0 Å². The minimum atomic E-state index is 0.188. The van der Waals surface area contributed by atoms with Gasteiger partial charge in [-0.15, -0.1) is 20.4 Å². The average Bonchev–Trinajstić information content (AvgIpc) is 2.52. The molecule has 0 amide bonds. The summed E-state index contributed by atoms with van der Waals surface area (Å²) in [7, 11) is 0. The van der Waals surface area contributed by atoms with Crippen LogP contribution in [0.25, 0.3) is 11.3 Å². The van der Waals surface area contributed by atoms with E-state index in [1.807, 2.05) is 30.3 Å². The highest BCUT2D eigenvalue weighted by Gasteiger charge is 1.98. The second-order valence-electron chi connectivity index (χ2n) is 3.71. The summed E-state index contributed by atoms with van der Waals surface area (Å²) >= 11 is 3.05. The highest BCUT2D eigenvalue weighted by molar-refractivity contribution is 9.10. The third-order valence-electron chi connectivity index (χ3n) is 2.20. The molecule has 0 saturated carbocycles. The van der Waals surface area contributed by atoms with Crippen molar-refractivity contribution in [3.05, 3.63) is 47.3 Å². The van der Waals surface area contributed by atoms with Crippen LogP contribution in [0, 0.1) is 0 Å². The molecule has 0 unspecified atom stereocenters. The number of anilines is 2. The molecule has 2 aromatic heterocycles. The molecule has 0 aliphatic carbocycles. The van der Waals surface area contributed by atoms with E-state index in [0.29, 0.717) is 4.60 Å². The van der Waals surface area contributed by atoms with Crippen molar-refractivity contribution in [2.75, 3.05) is 11.5 Å². The molecule has 0 spiro atoms. The summed E-state index contributed by atoms with van der Waals surface area (Å²) in [5.41, 5.74) is 12.2. The van der Waals surface area contributed by atoms with E-state index in [1.54, 1.807) is 6.20 Å². The molecule has 0 radical (unpaired) electrons. The number of hydrogen-bond acceptors (Lipinski definition) is 8. The molecule has 0 saturated heterocycles. The zero-order valence-corrected chi connectivity index (χ0v) is 12.3. The van der Waals surface area contributed by atoms with Crippen LogP contribution < -0.4 is 11.5 Å². The zero-order valence-electron chi connectivity index (χ0n) is 10.8. The summed E-state index contributed by atoms with van der Waals surface area (Å²) in [5.74, 6) is 0.382. The molecule has 3 aromatic rings. The number of benzene rings is 1. The molecule has 1 aromatic carbocycles. The van der Waals surface area contributed by atoms with Gasteiger partial charge in [0, 0.05) is 5.56 Å². The second-order valence-corrected chi connectivity index (χ2v) is 4.52. The van der Waals surface area contributed by atoms with Crippen molar-refractivity contribution in [3.8, 4) is 11.3 Å². The number of halogens is 1. The standard InChI is InChI=1S/C9H8N4.C3H3BrN4/c10-9-11-6-8(12-13-9)7-4-2-1-3-5-7;4-2-1-6-3(5)8-7-2/h1-6H,(H2,10,11,13);1H,(H2,5,6,8). The second kappa shape index (κ2) is 7.20. The van der Waals surface area contributed by atoms with E-state index < -0.39 is 0 Å². The highest BCUT2D eigenvalue weighted by Crippen LogP contribution is 2.13. The lowest BCUT2D eigenvalue weighted by molar-refractivity contribution is 0.961. The third-order valence-corrected chi connectivity index (χ3v) is 2.56. The molecule has 0 aliphatic heterocycles. The highest BCUT2D eigenvalue weighted by atomic mass is 79.9. The Morgan fingerprint density at radius 2 is 1.38 bits per heavy atom. The molecule has 21 heavy (non-hydrogen) atoms. The quantitative estimate of drug-likeness (QED) is 0.674. The van der Waals surface area contributed by atoms with Gasteiger partial charge in [0.2, 0.25) is 11.9 Å². The Kier molecular flexibility index (Phi) is 5.04. The molecule has 3 rings (SSSR count). The molecule has 0 aliphatic rings. The van der Waals surface area contributed by atoms with Crippen LogP contribution >= 0.6 is 15.9 Å². The fourth-order valence-electron chi connectivity index (χ4n) is 1.30. The minimum Gasteiger partial charge on any atom is -0.366 e. The van der Waals surface area contributed by atoms with Gasteiger partial charge in [0.25, 0.3) is 0 Å². The maximum atomic E-state index is 5.32. The van der Waals surface area contributed by atoms with E-state index in [-0.39, 0.29) is 11.9 Å². The maximum Gasteiger partial charge on any atom is 0.240 e. The Balaban J connectivity index is 0.000000173.